The number of phenolic OH excluding ortho intramolecular Hbond substituents is 1. The van der Waals surface area contributed by atoms with Crippen molar-refractivity contribution in [2.24, 2.45) is 5.73 Å². The Balaban J connectivity index is 2.86. The lowest BCUT2D eigenvalue weighted by atomic mass is 10.1. The van der Waals surface area contributed by atoms with Crippen LogP contribution in [0.1, 0.15) is 17.5 Å². The molecule has 0 amide bonds. The highest BCUT2D eigenvalue weighted by atomic mass is 79.9. The Bertz CT molecular complexity index is 276. The molecule has 0 aliphatic rings. The zero-order chi connectivity index (χ0) is 9.84. The Morgan fingerprint density at radius 1 is 1.46 bits per heavy atom. The smallest absolute Gasteiger partial charge is 0.119 e. The van der Waals surface area contributed by atoms with Crippen LogP contribution in [0.5, 0.6) is 5.75 Å². The fraction of sp³-hybridized carbons (Fsp3) is 0.400. The standard InChI is InChI=1S/C10H14BrNO/c1-7-9(11)5-8(3-2-4-12)6-10(7)13/h5-6,13H,2-4,12H2,1H3. The molecular formula is C10H14BrNO. The van der Waals surface area contributed by atoms with Crippen LogP contribution in [-0.4, -0.2) is 11.7 Å². The summed E-state index contributed by atoms with van der Waals surface area (Å²) < 4.78 is 0.958. The molecule has 0 fully saturated rings. The minimum atomic E-state index is 0.349. The van der Waals surface area contributed by atoms with Crippen LogP contribution in [0.4, 0.5) is 0 Å². The molecule has 3 N–H and O–H groups in total. The molecule has 1 rings (SSSR count). The Morgan fingerprint density at radius 3 is 2.69 bits per heavy atom. The minimum Gasteiger partial charge on any atom is -0.508 e. The minimum absolute atomic E-state index is 0.349. The zero-order valence-electron chi connectivity index (χ0n) is 7.68. The molecule has 0 bridgehead atoms. The highest BCUT2D eigenvalue weighted by Crippen LogP contribution is 2.27. The summed E-state index contributed by atoms with van der Waals surface area (Å²) in [6, 6.07) is 3.83. The van der Waals surface area contributed by atoms with E-state index in [0.717, 1.165) is 28.4 Å². The van der Waals surface area contributed by atoms with Crippen molar-refractivity contribution in [2.45, 2.75) is 19.8 Å². The van der Waals surface area contributed by atoms with Crippen molar-refractivity contribution in [2.75, 3.05) is 6.54 Å². The number of nitrogens with two attached hydrogens (primary N) is 1. The van der Waals surface area contributed by atoms with Crippen molar-refractivity contribution in [3.05, 3.63) is 27.7 Å². The van der Waals surface area contributed by atoms with E-state index in [4.69, 9.17) is 5.73 Å². The van der Waals surface area contributed by atoms with Crippen LogP contribution in [-0.2, 0) is 6.42 Å². The van der Waals surface area contributed by atoms with E-state index in [2.05, 4.69) is 15.9 Å². The van der Waals surface area contributed by atoms with Crippen molar-refractivity contribution in [3.8, 4) is 5.75 Å². The first-order valence-corrected chi connectivity index (χ1v) is 5.12. The van der Waals surface area contributed by atoms with Gasteiger partial charge >= 0.3 is 0 Å². The lowest BCUT2D eigenvalue weighted by molar-refractivity contribution is 0.469. The average molecular weight is 244 g/mol. The second kappa shape index (κ2) is 4.63. The van der Waals surface area contributed by atoms with Crippen molar-refractivity contribution in [1.82, 2.24) is 0 Å². The van der Waals surface area contributed by atoms with Gasteiger partial charge in [0.2, 0.25) is 0 Å². The predicted molar refractivity (Wildman–Crippen MR) is 57.9 cm³/mol. The first-order valence-electron chi connectivity index (χ1n) is 4.33. The van der Waals surface area contributed by atoms with Crippen LogP contribution in [0.25, 0.3) is 0 Å². The van der Waals surface area contributed by atoms with E-state index in [1.54, 1.807) is 6.07 Å². The van der Waals surface area contributed by atoms with Crippen LogP contribution in [0.15, 0.2) is 16.6 Å². The van der Waals surface area contributed by atoms with Crippen LogP contribution in [0.2, 0.25) is 0 Å². The first kappa shape index (κ1) is 10.5. The Labute approximate surface area is 86.9 Å². The van der Waals surface area contributed by atoms with Gasteiger partial charge in [-0.3, -0.25) is 0 Å². The molecule has 0 aliphatic heterocycles. The highest BCUT2D eigenvalue weighted by molar-refractivity contribution is 9.10. The number of halogens is 1. The monoisotopic (exact) mass is 243 g/mol. The van der Waals surface area contributed by atoms with Crippen LogP contribution in [0, 0.1) is 6.92 Å². The van der Waals surface area contributed by atoms with Gasteiger partial charge in [-0.25, -0.2) is 0 Å². The van der Waals surface area contributed by atoms with Crippen molar-refractivity contribution < 1.29 is 5.11 Å². The van der Waals surface area contributed by atoms with Gasteiger partial charge < -0.3 is 10.8 Å². The molecule has 72 valence electrons. The molecule has 3 heteroatoms. The summed E-state index contributed by atoms with van der Waals surface area (Å²) in [6.45, 7) is 2.57. The molecule has 0 radical (unpaired) electrons. The average Bonchev–Trinajstić information content (AvgIpc) is 2.10. The fourth-order valence-corrected chi connectivity index (χ4v) is 1.67. The van der Waals surface area contributed by atoms with E-state index in [0.29, 0.717) is 12.3 Å². The molecular weight excluding hydrogens is 230 g/mol. The number of aromatic hydroxyl groups is 1. The molecule has 2 nitrogen and oxygen atoms in total. The van der Waals surface area contributed by atoms with E-state index in [-0.39, 0.29) is 0 Å². The molecule has 0 aliphatic carbocycles. The van der Waals surface area contributed by atoms with Crippen molar-refractivity contribution in [1.29, 1.82) is 0 Å². The summed E-state index contributed by atoms with van der Waals surface area (Å²) >= 11 is 3.40. The third-order valence-electron chi connectivity index (χ3n) is 2.05. The second-order valence-corrected chi connectivity index (χ2v) is 3.97. The van der Waals surface area contributed by atoms with Gasteiger partial charge in [-0.1, -0.05) is 15.9 Å². The van der Waals surface area contributed by atoms with E-state index in [1.807, 2.05) is 13.0 Å². The lowest BCUT2D eigenvalue weighted by Crippen LogP contribution is -2.00. The number of benzene rings is 1. The van der Waals surface area contributed by atoms with Crippen molar-refractivity contribution in [3.63, 3.8) is 0 Å². The third-order valence-corrected chi connectivity index (χ3v) is 2.87. The van der Waals surface area contributed by atoms with Crippen LogP contribution in [0.3, 0.4) is 0 Å². The Morgan fingerprint density at radius 2 is 2.15 bits per heavy atom. The van der Waals surface area contributed by atoms with Gasteiger partial charge in [0.15, 0.2) is 0 Å². The highest BCUT2D eigenvalue weighted by Gasteiger charge is 2.03. The molecule has 1 aromatic carbocycles. The largest absolute Gasteiger partial charge is 0.508 e. The summed E-state index contributed by atoms with van der Waals surface area (Å²) in [6.07, 6.45) is 1.87. The summed E-state index contributed by atoms with van der Waals surface area (Å²) in [4.78, 5) is 0. The Hall–Kier alpha value is -0.540. The van der Waals surface area contributed by atoms with Gasteiger partial charge in [-0.15, -0.1) is 0 Å². The maximum atomic E-state index is 9.52. The van der Waals surface area contributed by atoms with Crippen LogP contribution >= 0.6 is 15.9 Å². The summed E-state index contributed by atoms with van der Waals surface area (Å²) in [7, 11) is 0. The maximum Gasteiger partial charge on any atom is 0.119 e. The molecule has 13 heavy (non-hydrogen) atoms. The summed E-state index contributed by atoms with van der Waals surface area (Å²) in [5.41, 5.74) is 7.42. The summed E-state index contributed by atoms with van der Waals surface area (Å²) in [5.74, 6) is 0.349. The molecule has 0 heterocycles. The molecule has 0 atom stereocenters. The normalized spacial score (nSPS) is 10.4. The molecule has 0 saturated carbocycles. The van der Waals surface area contributed by atoms with E-state index in [1.165, 1.54) is 0 Å². The number of hydrogen-bond acceptors (Lipinski definition) is 2. The molecule has 0 unspecified atom stereocenters. The number of hydrogen-bond donors (Lipinski definition) is 2. The SMILES string of the molecule is Cc1c(O)cc(CCCN)cc1Br. The molecule has 0 spiro atoms. The predicted octanol–water partition coefficient (Wildman–Crippen LogP) is 2.35. The van der Waals surface area contributed by atoms with Gasteiger partial charge in [0.25, 0.3) is 0 Å². The fourth-order valence-electron chi connectivity index (χ4n) is 1.17. The summed E-state index contributed by atoms with van der Waals surface area (Å²) in [5, 5.41) is 9.52. The molecule has 1 aromatic rings. The second-order valence-electron chi connectivity index (χ2n) is 3.11. The molecule has 0 saturated heterocycles. The topological polar surface area (TPSA) is 46.2 Å². The van der Waals surface area contributed by atoms with E-state index in [9.17, 15) is 5.11 Å². The van der Waals surface area contributed by atoms with E-state index >= 15 is 0 Å². The zero-order valence-corrected chi connectivity index (χ0v) is 9.26. The van der Waals surface area contributed by atoms with Crippen LogP contribution < -0.4 is 5.73 Å². The van der Waals surface area contributed by atoms with Gasteiger partial charge in [0.1, 0.15) is 5.75 Å². The first-order chi connectivity index (χ1) is 6.15. The van der Waals surface area contributed by atoms with E-state index < -0.39 is 0 Å². The lowest BCUT2D eigenvalue weighted by Gasteiger charge is -2.06. The number of aryl methyl sites for hydroxylation is 1. The maximum absolute atomic E-state index is 9.52. The van der Waals surface area contributed by atoms with Gasteiger partial charge in [-0.05, 0) is 44.0 Å². The number of phenols is 1. The molecule has 0 aromatic heterocycles. The Kier molecular flexibility index (Phi) is 3.75. The van der Waals surface area contributed by atoms with Gasteiger partial charge in [0, 0.05) is 10.0 Å². The van der Waals surface area contributed by atoms with Gasteiger partial charge in [0.05, 0.1) is 0 Å². The van der Waals surface area contributed by atoms with Gasteiger partial charge in [-0.2, -0.15) is 0 Å². The number of rotatable bonds is 3. The van der Waals surface area contributed by atoms with Crippen molar-refractivity contribution >= 4 is 15.9 Å². The third kappa shape index (κ3) is 2.71. The quantitative estimate of drug-likeness (QED) is 0.857.